The van der Waals surface area contributed by atoms with Crippen molar-refractivity contribution in [3.05, 3.63) is 35.4 Å². The minimum Gasteiger partial charge on any atom is -0.306 e. The third-order valence-electron chi connectivity index (χ3n) is 2.63. The SMILES string of the molecule is Cc1cc(CNCc2ccnn2C)n(C)n1. The molecule has 0 spiro atoms. The predicted octanol–water partition coefficient (Wildman–Crippen LogP) is 0.752. The number of aromatic nitrogens is 4. The largest absolute Gasteiger partial charge is 0.306 e. The van der Waals surface area contributed by atoms with Gasteiger partial charge in [-0.15, -0.1) is 0 Å². The van der Waals surface area contributed by atoms with E-state index in [1.165, 1.54) is 11.4 Å². The highest BCUT2D eigenvalue weighted by atomic mass is 15.3. The number of rotatable bonds is 4. The smallest absolute Gasteiger partial charge is 0.0597 e. The maximum Gasteiger partial charge on any atom is 0.0597 e. The Bertz CT molecular complexity index is 468. The first kappa shape index (κ1) is 10.9. The quantitative estimate of drug-likeness (QED) is 0.825. The second-order valence-corrected chi connectivity index (χ2v) is 3.95. The lowest BCUT2D eigenvalue weighted by Gasteiger charge is -2.05. The predicted molar refractivity (Wildman–Crippen MR) is 61.7 cm³/mol. The highest BCUT2D eigenvalue weighted by Crippen LogP contribution is 2.02. The van der Waals surface area contributed by atoms with Gasteiger partial charge < -0.3 is 5.32 Å². The molecule has 0 atom stereocenters. The van der Waals surface area contributed by atoms with Crippen LogP contribution in [0.4, 0.5) is 0 Å². The fourth-order valence-electron chi connectivity index (χ4n) is 1.72. The summed E-state index contributed by atoms with van der Waals surface area (Å²) in [5, 5.41) is 11.8. The fraction of sp³-hybridized carbons (Fsp3) is 0.455. The Balaban J connectivity index is 1.89. The van der Waals surface area contributed by atoms with Gasteiger partial charge in [-0.3, -0.25) is 9.36 Å². The molecule has 5 heteroatoms. The van der Waals surface area contributed by atoms with Crippen LogP contribution in [0.2, 0.25) is 0 Å². The average Bonchev–Trinajstić information content (AvgIpc) is 2.75. The lowest BCUT2D eigenvalue weighted by Crippen LogP contribution is -2.17. The molecule has 86 valence electrons. The summed E-state index contributed by atoms with van der Waals surface area (Å²) >= 11 is 0. The number of hydrogen-bond acceptors (Lipinski definition) is 3. The highest BCUT2D eigenvalue weighted by Gasteiger charge is 2.02. The Morgan fingerprint density at radius 2 is 1.94 bits per heavy atom. The average molecular weight is 219 g/mol. The lowest BCUT2D eigenvalue weighted by molar-refractivity contribution is 0.594. The van der Waals surface area contributed by atoms with Gasteiger partial charge in [0, 0.05) is 33.4 Å². The Morgan fingerprint density at radius 3 is 2.50 bits per heavy atom. The van der Waals surface area contributed by atoms with E-state index in [1.54, 1.807) is 0 Å². The van der Waals surface area contributed by atoms with Gasteiger partial charge in [-0.25, -0.2) is 0 Å². The molecular formula is C11H17N5. The van der Waals surface area contributed by atoms with Crippen molar-refractivity contribution >= 4 is 0 Å². The summed E-state index contributed by atoms with van der Waals surface area (Å²) in [6, 6.07) is 4.11. The molecule has 0 radical (unpaired) electrons. The Morgan fingerprint density at radius 1 is 1.19 bits per heavy atom. The lowest BCUT2D eigenvalue weighted by atomic mass is 10.3. The first-order valence-electron chi connectivity index (χ1n) is 5.34. The third kappa shape index (κ3) is 2.30. The van der Waals surface area contributed by atoms with Gasteiger partial charge in [0.2, 0.25) is 0 Å². The van der Waals surface area contributed by atoms with Crippen LogP contribution in [0.5, 0.6) is 0 Å². The summed E-state index contributed by atoms with van der Waals surface area (Å²) in [5.41, 5.74) is 3.43. The van der Waals surface area contributed by atoms with E-state index in [4.69, 9.17) is 0 Å². The molecule has 2 aromatic heterocycles. The molecule has 0 amide bonds. The second-order valence-electron chi connectivity index (χ2n) is 3.95. The van der Waals surface area contributed by atoms with Gasteiger partial charge in [0.25, 0.3) is 0 Å². The monoisotopic (exact) mass is 219 g/mol. The van der Waals surface area contributed by atoms with Crippen LogP contribution in [0.3, 0.4) is 0 Å². The standard InChI is InChI=1S/C11H17N5/c1-9-6-11(16(3)14-9)8-12-7-10-4-5-13-15(10)2/h4-6,12H,7-8H2,1-3H3. The van der Waals surface area contributed by atoms with Crippen molar-refractivity contribution in [3.63, 3.8) is 0 Å². The van der Waals surface area contributed by atoms with Gasteiger partial charge in [-0.1, -0.05) is 0 Å². The maximum absolute atomic E-state index is 4.30. The van der Waals surface area contributed by atoms with Crippen molar-refractivity contribution in [2.45, 2.75) is 20.0 Å². The van der Waals surface area contributed by atoms with E-state index in [9.17, 15) is 0 Å². The summed E-state index contributed by atoms with van der Waals surface area (Å²) in [5.74, 6) is 0. The zero-order valence-corrected chi connectivity index (χ0v) is 9.94. The van der Waals surface area contributed by atoms with Gasteiger partial charge in [-0.05, 0) is 19.1 Å². The van der Waals surface area contributed by atoms with Crippen LogP contribution in [0.25, 0.3) is 0 Å². The van der Waals surface area contributed by atoms with Crippen molar-refractivity contribution in [1.29, 1.82) is 0 Å². The highest BCUT2D eigenvalue weighted by molar-refractivity contribution is 5.08. The molecule has 5 nitrogen and oxygen atoms in total. The molecule has 0 aliphatic rings. The van der Waals surface area contributed by atoms with E-state index in [1.807, 2.05) is 42.6 Å². The molecule has 0 bridgehead atoms. The van der Waals surface area contributed by atoms with E-state index in [2.05, 4.69) is 21.6 Å². The molecule has 0 aliphatic heterocycles. The molecule has 0 aliphatic carbocycles. The number of hydrogen-bond donors (Lipinski definition) is 1. The Labute approximate surface area is 95.1 Å². The summed E-state index contributed by atoms with van der Waals surface area (Å²) in [4.78, 5) is 0. The van der Waals surface area contributed by atoms with Gasteiger partial charge in [0.1, 0.15) is 0 Å². The van der Waals surface area contributed by atoms with E-state index >= 15 is 0 Å². The zero-order chi connectivity index (χ0) is 11.5. The van der Waals surface area contributed by atoms with Gasteiger partial charge in [0.15, 0.2) is 0 Å². The van der Waals surface area contributed by atoms with Crippen LogP contribution in [0, 0.1) is 6.92 Å². The molecule has 0 unspecified atom stereocenters. The topological polar surface area (TPSA) is 47.7 Å². The number of nitrogens with zero attached hydrogens (tertiary/aromatic N) is 4. The molecule has 2 heterocycles. The molecule has 1 N–H and O–H groups in total. The molecule has 16 heavy (non-hydrogen) atoms. The van der Waals surface area contributed by atoms with Crippen LogP contribution >= 0.6 is 0 Å². The van der Waals surface area contributed by atoms with Crippen LogP contribution in [0.15, 0.2) is 18.3 Å². The van der Waals surface area contributed by atoms with Crippen LogP contribution in [-0.4, -0.2) is 19.6 Å². The Hall–Kier alpha value is -1.62. The summed E-state index contributed by atoms with van der Waals surface area (Å²) < 4.78 is 3.78. The van der Waals surface area contributed by atoms with E-state index < -0.39 is 0 Å². The van der Waals surface area contributed by atoms with E-state index in [-0.39, 0.29) is 0 Å². The van der Waals surface area contributed by atoms with E-state index in [0.717, 1.165) is 18.8 Å². The number of nitrogens with one attached hydrogen (secondary N) is 1. The van der Waals surface area contributed by atoms with Gasteiger partial charge in [0.05, 0.1) is 17.1 Å². The van der Waals surface area contributed by atoms with Crippen LogP contribution in [-0.2, 0) is 27.2 Å². The van der Waals surface area contributed by atoms with Gasteiger partial charge >= 0.3 is 0 Å². The maximum atomic E-state index is 4.30. The van der Waals surface area contributed by atoms with Crippen LogP contribution in [0.1, 0.15) is 17.1 Å². The summed E-state index contributed by atoms with van der Waals surface area (Å²) in [6.07, 6.45) is 1.81. The fourth-order valence-corrected chi connectivity index (χ4v) is 1.72. The van der Waals surface area contributed by atoms with E-state index in [0.29, 0.717) is 0 Å². The molecule has 2 aromatic rings. The molecule has 0 aromatic carbocycles. The van der Waals surface area contributed by atoms with Crippen molar-refractivity contribution in [3.8, 4) is 0 Å². The molecule has 2 rings (SSSR count). The summed E-state index contributed by atoms with van der Waals surface area (Å²) in [7, 11) is 3.92. The van der Waals surface area contributed by atoms with Gasteiger partial charge in [-0.2, -0.15) is 10.2 Å². The normalized spacial score (nSPS) is 10.9. The summed E-state index contributed by atoms with van der Waals surface area (Å²) in [6.45, 7) is 3.65. The minimum atomic E-state index is 0.820. The first-order chi connectivity index (χ1) is 7.66. The van der Waals surface area contributed by atoms with Crippen molar-refractivity contribution in [2.75, 3.05) is 0 Å². The van der Waals surface area contributed by atoms with Crippen molar-refractivity contribution < 1.29 is 0 Å². The third-order valence-corrected chi connectivity index (χ3v) is 2.63. The van der Waals surface area contributed by atoms with Crippen molar-refractivity contribution in [1.82, 2.24) is 24.9 Å². The number of aryl methyl sites for hydroxylation is 3. The Kier molecular flexibility index (Phi) is 3.05. The molecule has 0 saturated carbocycles. The first-order valence-corrected chi connectivity index (χ1v) is 5.34. The van der Waals surface area contributed by atoms with Crippen molar-refractivity contribution in [2.24, 2.45) is 14.1 Å². The molecule has 0 fully saturated rings. The molecule has 0 saturated heterocycles. The van der Waals surface area contributed by atoms with Crippen LogP contribution < -0.4 is 5.32 Å². The zero-order valence-electron chi connectivity index (χ0n) is 9.94. The minimum absolute atomic E-state index is 0.820. The molecular weight excluding hydrogens is 202 g/mol. The second kappa shape index (κ2) is 4.49.